The van der Waals surface area contributed by atoms with Gasteiger partial charge >= 0.3 is 5.51 Å². The van der Waals surface area contributed by atoms with Gasteiger partial charge in [-0.05, 0) is 36.0 Å². The van der Waals surface area contributed by atoms with Crippen LogP contribution in [0, 0.1) is 5.82 Å². The van der Waals surface area contributed by atoms with Gasteiger partial charge in [0.05, 0.1) is 17.4 Å². The molecule has 1 aromatic heterocycles. The Balaban J connectivity index is 2.27. The SMILES string of the molecule is O=C(Nc1cc(SC(F)(F)F)ccc1O)c1cc(Cl)ncc1F. The van der Waals surface area contributed by atoms with Gasteiger partial charge < -0.3 is 10.4 Å². The van der Waals surface area contributed by atoms with Gasteiger partial charge in [0.15, 0.2) is 5.82 Å². The van der Waals surface area contributed by atoms with E-state index in [9.17, 15) is 27.5 Å². The zero-order valence-electron chi connectivity index (χ0n) is 11.0. The first-order valence-corrected chi connectivity index (χ1v) is 7.06. The predicted molar refractivity (Wildman–Crippen MR) is 77.2 cm³/mol. The summed E-state index contributed by atoms with van der Waals surface area (Å²) in [6.07, 6.45) is 0.729. The number of carbonyl (C=O) groups excluding carboxylic acids is 1. The number of anilines is 1. The van der Waals surface area contributed by atoms with Gasteiger partial charge in [0, 0.05) is 4.90 Å². The molecule has 2 N–H and O–H groups in total. The fraction of sp³-hybridized carbons (Fsp3) is 0.0769. The number of carbonyl (C=O) groups is 1. The van der Waals surface area contributed by atoms with Crippen molar-refractivity contribution in [2.75, 3.05) is 5.32 Å². The number of halogens is 5. The summed E-state index contributed by atoms with van der Waals surface area (Å²) in [5.41, 5.74) is -5.28. The zero-order valence-corrected chi connectivity index (χ0v) is 12.6. The van der Waals surface area contributed by atoms with Gasteiger partial charge in [0.1, 0.15) is 10.9 Å². The van der Waals surface area contributed by atoms with Gasteiger partial charge in [-0.15, -0.1) is 0 Å². The monoisotopic (exact) mass is 366 g/mol. The third kappa shape index (κ3) is 4.73. The lowest BCUT2D eigenvalue weighted by molar-refractivity contribution is -0.0328. The lowest BCUT2D eigenvalue weighted by atomic mass is 10.2. The number of nitrogens with one attached hydrogen (secondary N) is 1. The average molecular weight is 367 g/mol. The van der Waals surface area contributed by atoms with E-state index in [1.165, 1.54) is 0 Å². The molecule has 0 radical (unpaired) electrons. The predicted octanol–water partition coefficient (Wildman–Crippen LogP) is 4.44. The van der Waals surface area contributed by atoms with Crippen LogP contribution in [0.25, 0.3) is 0 Å². The number of hydrogen-bond donors (Lipinski definition) is 2. The summed E-state index contributed by atoms with van der Waals surface area (Å²) in [5, 5.41) is 11.6. The number of pyridine rings is 1. The Hall–Kier alpha value is -2.00. The molecule has 0 saturated heterocycles. The second-order valence-electron chi connectivity index (χ2n) is 4.17. The van der Waals surface area contributed by atoms with Crippen LogP contribution >= 0.6 is 23.4 Å². The molecule has 4 nitrogen and oxygen atoms in total. The molecule has 0 aliphatic carbocycles. The molecule has 0 atom stereocenters. The molecule has 1 heterocycles. The number of thioether (sulfide) groups is 1. The molecule has 10 heteroatoms. The molecule has 1 aromatic carbocycles. The summed E-state index contributed by atoms with van der Waals surface area (Å²) in [6, 6.07) is 3.90. The molecule has 23 heavy (non-hydrogen) atoms. The first-order valence-electron chi connectivity index (χ1n) is 5.87. The number of phenols is 1. The Morgan fingerprint density at radius 2 is 2.00 bits per heavy atom. The van der Waals surface area contributed by atoms with E-state index in [-0.39, 0.29) is 15.7 Å². The molecule has 122 valence electrons. The first kappa shape index (κ1) is 17.4. The molecule has 0 fully saturated rings. The number of benzene rings is 1. The third-order valence-corrected chi connectivity index (χ3v) is 3.44. The average Bonchev–Trinajstić information content (AvgIpc) is 2.43. The third-order valence-electron chi connectivity index (χ3n) is 2.52. The van der Waals surface area contributed by atoms with Crippen LogP contribution in [-0.2, 0) is 0 Å². The molecular formula is C13H7ClF4N2O2S. The van der Waals surface area contributed by atoms with Crippen molar-refractivity contribution in [3.63, 3.8) is 0 Å². The van der Waals surface area contributed by atoms with Crippen molar-refractivity contribution < 1.29 is 27.5 Å². The fourth-order valence-electron chi connectivity index (χ4n) is 1.59. The molecule has 2 rings (SSSR count). The van der Waals surface area contributed by atoms with E-state index in [1.54, 1.807) is 0 Å². The highest BCUT2D eigenvalue weighted by atomic mass is 35.5. The van der Waals surface area contributed by atoms with E-state index in [2.05, 4.69) is 10.3 Å². The van der Waals surface area contributed by atoms with Crippen LogP contribution in [0.4, 0.5) is 23.2 Å². The molecule has 0 spiro atoms. The topological polar surface area (TPSA) is 62.2 Å². The van der Waals surface area contributed by atoms with Gasteiger partial charge in [0.2, 0.25) is 0 Å². The van der Waals surface area contributed by atoms with Crippen molar-refractivity contribution in [2.24, 2.45) is 0 Å². The standard InChI is InChI=1S/C13H7ClF4N2O2S/c14-11-4-7(8(15)5-19-11)12(22)20-9-3-6(1-2-10(9)21)23-13(16,17)18/h1-5,21H,(H,20,22). The second kappa shape index (κ2) is 6.63. The van der Waals surface area contributed by atoms with E-state index in [1.807, 2.05) is 0 Å². The molecule has 0 aliphatic heterocycles. The molecule has 2 aromatic rings. The maximum absolute atomic E-state index is 13.5. The van der Waals surface area contributed by atoms with Gasteiger partial charge in [-0.1, -0.05) is 11.6 Å². The maximum atomic E-state index is 13.5. The highest BCUT2D eigenvalue weighted by molar-refractivity contribution is 8.00. The Kier molecular flexibility index (Phi) is 5.00. The summed E-state index contributed by atoms with van der Waals surface area (Å²) in [4.78, 5) is 15.1. The normalized spacial score (nSPS) is 11.3. The molecule has 1 amide bonds. The van der Waals surface area contributed by atoms with E-state index in [4.69, 9.17) is 11.6 Å². The maximum Gasteiger partial charge on any atom is 0.446 e. The Morgan fingerprint density at radius 3 is 2.65 bits per heavy atom. The van der Waals surface area contributed by atoms with Crippen LogP contribution in [0.3, 0.4) is 0 Å². The van der Waals surface area contributed by atoms with E-state index in [0.717, 1.165) is 30.5 Å². The number of aromatic nitrogens is 1. The summed E-state index contributed by atoms with van der Waals surface area (Å²) in [7, 11) is 0. The molecule has 0 bridgehead atoms. The van der Waals surface area contributed by atoms with Gasteiger partial charge in [-0.2, -0.15) is 13.2 Å². The summed E-state index contributed by atoms with van der Waals surface area (Å²) in [6.45, 7) is 0. The van der Waals surface area contributed by atoms with Gasteiger partial charge in [0.25, 0.3) is 5.91 Å². The van der Waals surface area contributed by atoms with Crippen molar-refractivity contribution in [2.45, 2.75) is 10.4 Å². The number of rotatable bonds is 3. The van der Waals surface area contributed by atoms with Crippen LogP contribution in [0.1, 0.15) is 10.4 Å². The van der Waals surface area contributed by atoms with Crippen LogP contribution < -0.4 is 5.32 Å². The highest BCUT2D eigenvalue weighted by Gasteiger charge is 2.29. The van der Waals surface area contributed by atoms with Crippen molar-refractivity contribution in [3.8, 4) is 5.75 Å². The van der Waals surface area contributed by atoms with Crippen molar-refractivity contribution in [1.82, 2.24) is 4.98 Å². The Morgan fingerprint density at radius 1 is 1.30 bits per heavy atom. The number of hydrogen-bond acceptors (Lipinski definition) is 4. The lowest BCUT2D eigenvalue weighted by Crippen LogP contribution is -2.14. The van der Waals surface area contributed by atoms with Crippen LogP contribution in [0.2, 0.25) is 5.15 Å². The highest BCUT2D eigenvalue weighted by Crippen LogP contribution is 2.39. The number of alkyl halides is 3. The number of aromatic hydroxyl groups is 1. The van der Waals surface area contributed by atoms with E-state index >= 15 is 0 Å². The van der Waals surface area contributed by atoms with Gasteiger partial charge in [-0.25, -0.2) is 9.37 Å². The van der Waals surface area contributed by atoms with E-state index in [0.29, 0.717) is 0 Å². The molecule has 0 saturated carbocycles. The second-order valence-corrected chi connectivity index (χ2v) is 5.69. The summed E-state index contributed by atoms with van der Waals surface area (Å²) in [5.74, 6) is -2.42. The van der Waals surface area contributed by atoms with Gasteiger partial charge in [-0.3, -0.25) is 4.79 Å². The lowest BCUT2D eigenvalue weighted by Gasteiger charge is -2.11. The number of amides is 1. The minimum Gasteiger partial charge on any atom is -0.506 e. The Labute approximate surface area is 136 Å². The fourth-order valence-corrected chi connectivity index (χ4v) is 2.33. The number of nitrogens with zero attached hydrogens (tertiary/aromatic N) is 1. The summed E-state index contributed by atoms with van der Waals surface area (Å²) >= 11 is 5.14. The van der Waals surface area contributed by atoms with Crippen molar-refractivity contribution in [1.29, 1.82) is 0 Å². The Bertz CT molecular complexity index is 755. The van der Waals surface area contributed by atoms with Crippen LogP contribution in [-0.4, -0.2) is 21.5 Å². The quantitative estimate of drug-likeness (QED) is 0.365. The van der Waals surface area contributed by atoms with Crippen molar-refractivity contribution >= 4 is 35.0 Å². The number of phenolic OH excluding ortho intramolecular Hbond substituents is 1. The first-order chi connectivity index (χ1) is 10.7. The molecule has 0 aliphatic rings. The molecule has 0 unspecified atom stereocenters. The van der Waals surface area contributed by atoms with E-state index < -0.39 is 40.3 Å². The summed E-state index contributed by atoms with van der Waals surface area (Å²) < 4.78 is 50.5. The largest absolute Gasteiger partial charge is 0.506 e. The minimum absolute atomic E-state index is 0.137. The van der Waals surface area contributed by atoms with Crippen LogP contribution in [0.15, 0.2) is 35.4 Å². The van der Waals surface area contributed by atoms with Crippen molar-refractivity contribution in [3.05, 3.63) is 47.0 Å². The smallest absolute Gasteiger partial charge is 0.446 e. The molecular weight excluding hydrogens is 360 g/mol. The minimum atomic E-state index is -4.52. The van der Waals surface area contributed by atoms with Crippen LogP contribution in [0.5, 0.6) is 5.75 Å². The zero-order chi connectivity index (χ0) is 17.2.